The number of aryl methyl sites for hydroxylation is 1. The van der Waals surface area contributed by atoms with E-state index in [1.54, 1.807) is 6.92 Å². The summed E-state index contributed by atoms with van der Waals surface area (Å²) in [6.07, 6.45) is 2.92. The van der Waals surface area contributed by atoms with Crippen LogP contribution in [-0.4, -0.2) is 50.9 Å². The van der Waals surface area contributed by atoms with E-state index in [0.29, 0.717) is 30.8 Å². The van der Waals surface area contributed by atoms with Crippen molar-refractivity contribution in [2.75, 3.05) is 6.61 Å². The normalized spacial score (nSPS) is 26.4. The molecule has 1 amide bonds. The Morgan fingerprint density at radius 1 is 1.26 bits per heavy atom. The van der Waals surface area contributed by atoms with E-state index in [2.05, 4.69) is 15.4 Å². The summed E-state index contributed by atoms with van der Waals surface area (Å²) in [5, 5.41) is 10.5. The Hall–Kier alpha value is -2.70. The molecule has 0 radical (unpaired) electrons. The quantitative estimate of drug-likeness (QED) is 0.818. The number of benzene rings is 1. The molecule has 2 saturated heterocycles. The van der Waals surface area contributed by atoms with Gasteiger partial charge in [-0.3, -0.25) is 9.59 Å². The number of aromatic nitrogens is 3. The molecule has 2 fully saturated rings. The highest BCUT2D eigenvalue weighted by Crippen LogP contribution is 2.52. The van der Waals surface area contributed by atoms with Gasteiger partial charge < -0.3 is 9.64 Å². The number of carbonyl (C=O) groups excluding carboxylic acids is 2. The number of fused-ring (bicyclic) bond motifs is 2. The number of nitrogens with zero attached hydrogens (tertiary/aromatic N) is 3. The molecule has 7 nitrogen and oxygen atoms in total. The van der Waals surface area contributed by atoms with Gasteiger partial charge in [0.25, 0.3) is 5.91 Å². The van der Waals surface area contributed by atoms with Crippen molar-refractivity contribution in [2.24, 2.45) is 5.41 Å². The molecule has 27 heavy (non-hydrogen) atoms. The molecule has 0 unspecified atom stereocenters. The number of hydrogen-bond donors (Lipinski definition) is 1. The summed E-state index contributed by atoms with van der Waals surface area (Å²) < 4.78 is 5.49. The van der Waals surface area contributed by atoms with Gasteiger partial charge in [0.2, 0.25) is 0 Å². The third-order valence-corrected chi connectivity index (χ3v) is 5.94. The van der Waals surface area contributed by atoms with E-state index in [-0.39, 0.29) is 24.0 Å². The van der Waals surface area contributed by atoms with Crippen LogP contribution >= 0.6 is 0 Å². The number of hydrogen-bond acceptors (Lipinski definition) is 5. The van der Waals surface area contributed by atoms with E-state index < -0.39 is 5.41 Å². The third-order valence-electron chi connectivity index (χ3n) is 5.94. The lowest BCUT2D eigenvalue weighted by Gasteiger charge is -2.35. The van der Waals surface area contributed by atoms with Gasteiger partial charge in [0, 0.05) is 12.1 Å². The van der Waals surface area contributed by atoms with Crippen LogP contribution in [-0.2, 0) is 16.0 Å². The molecular formula is C20H24N4O3. The summed E-state index contributed by atoms with van der Waals surface area (Å²) in [4.78, 5) is 28.1. The predicted octanol–water partition coefficient (Wildman–Crippen LogP) is 2.28. The summed E-state index contributed by atoms with van der Waals surface area (Å²) in [5.74, 6) is -0.344. The van der Waals surface area contributed by atoms with Crippen LogP contribution < -0.4 is 0 Å². The maximum Gasteiger partial charge on any atom is 0.314 e. The van der Waals surface area contributed by atoms with Crippen LogP contribution in [0.2, 0.25) is 0 Å². The number of rotatable bonds is 5. The van der Waals surface area contributed by atoms with Crippen LogP contribution in [0.15, 0.2) is 30.3 Å². The van der Waals surface area contributed by atoms with Gasteiger partial charge in [0.15, 0.2) is 5.69 Å². The zero-order chi connectivity index (χ0) is 19.0. The van der Waals surface area contributed by atoms with E-state index >= 15 is 0 Å². The number of aromatic amines is 1. The van der Waals surface area contributed by atoms with E-state index in [1.807, 2.05) is 42.2 Å². The van der Waals surface area contributed by atoms with Gasteiger partial charge in [-0.1, -0.05) is 30.3 Å². The number of esters is 1. The van der Waals surface area contributed by atoms with Gasteiger partial charge in [0.05, 0.1) is 17.7 Å². The van der Waals surface area contributed by atoms with Crippen molar-refractivity contribution in [3.63, 3.8) is 0 Å². The minimum absolute atomic E-state index is 0.0340. The molecule has 1 N–H and O–H groups in total. The molecule has 2 aliphatic heterocycles. The summed E-state index contributed by atoms with van der Waals surface area (Å²) >= 11 is 0. The third kappa shape index (κ3) is 2.81. The van der Waals surface area contributed by atoms with E-state index in [9.17, 15) is 9.59 Å². The monoisotopic (exact) mass is 368 g/mol. The Morgan fingerprint density at radius 2 is 2.04 bits per heavy atom. The van der Waals surface area contributed by atoms with E-state index in [0.717, 1.165) is 18.4 Å². The molecule has 3 heterocycles. The van der Waals surface area contributed by atoms with Crippen molar-refractivity contribution in [3.05, 3.63) is 47.3 Å². The lowest BCUT2D eigenvalue weighted by atomic mass is 9.70. The average molecular weight is 368 g/mol. The van der Waals surface area contributed by atoms with Crippen molar-refractivity contribution in [2.45, 2.75) is 51.6 Å². The fraction of sp³-hybridized carbons (Fsp3) is 0.500. The van der Waals surface area contributed by atoms with Crippen molar-refractivity contribution in [1.82, 2.24) is 20.3 Å². The standard InChI is InChI=1S/C20H24N4O3/c1-3-27-19(26)20(11-14-7-5-4-6-8-14)12-15-9-10-16(20)24(15)18(25)17-13(2)21-23-22-17/h4-8,15-16H,3,9-12H2,1-2H3,(H,21,22,23)/t15-,16+,20+/m1/s1. The number of nitrogens with one attached hydrogen (secondary N) is 1. The molecule has 3 atom stereocenters. The van der Waals surface area contributed by atoms with Crippen molar-refractivity contribution >= 4 is 11.9 Å². The zero-order valence-corrected chi connectivity index (χ0v) is 15.6. The second-order valence-electron chi connectivity index (χ2n) is 7.46. The van der Waals surface area contributed by atoms with Gasteiger partial charge in [0.1, 0.15) is 0 Å². The van der Waals surface area contributed by atoms with Gasteiger partial charge in [-0.05, 0) is 45.1 Å². The SMILES string of the molecule is CCOC(=O)[C@@]1(Cc2ccccc2)C[C@H]2CC[C@@H]1N2C(=O)c1n[nH]nc1C. The van der Waals surface area contributed by atoms with Crippen molar-refractivity contribution in [3.8, 4) is 0 Å². The first kappa shape index (κ1) is 17.7. The molecule has 2 aliphatic rings. The van der Waals surface area contributed by atoms with Gasteiger partial charge in [-0.2, -0.15) is 15.4 Å². The summed E-state index contributed by atoms with van der Waals surface area (Å²) in [5.41, 5.74) is 1.30. The van der Waals surface area contributed by atoms with Gasteiger partial charge in [-0.15, -0.1) is 0 Å². The topological polar surface area (TPSA) is 88.2 Å². The Kier molecular flexibility index (Phi) is 4.45. The number of carbonyl (C=O) groups is 2. The van der Waals surface area contributed by atoms with E-state index in [4.69, 9.17) is 4.74 Å². The summed E-state index contributed by atoms with van der Waals surface area (Å²) in [6.45, 7) is 3.92. The maximum absolute atomic E-state index is 13.2. The van der Waals surface area contributed by atoms with Crippen LogP contribution in [0.5, 0.6) is 0 Å². The second-order valence-corrected chi connectivity index (χ2v) is 7.46. The lowest BCUT2D eigenvalue weighted by molar-refractivity contribution is -0.157. The Balaban J connectivity index is 1.70. The Morgan fingerprint density at radius 3 is 2.70 bits per heavy atom. The van der Waals surface area contributed by atoms with Crippen molar-refractivity contribution in [1.29, 1.82) is 0 Å². The second kappa shape index (κ2) is 6.79. The Labute approximate surface area is 158 Å². The minimum Gasteiger partial charge on any atom is -0.465 e. The molecule has 1 aromatic carbocycles. The molecular weight excluding hydrogens is 344 g/mol. The highest BCUT2D eigenvalue weighted by molar-refractivity contribution is 5.95. The smallest absolute Gasteiger partial charge is 0.314 e. The number of ether oxygens (including phenoxy) is 1. The largest absolute Gasteiger partial charge is 0.465 e. The molecule has 0 aliphatic carbocycles. The van der Waals surface area contributed by atoms with Crippen LogP contribution in [0.25, 0.3) is 0 Å². The van der Waals surface area contributed by atoms with Crippen LogP contribution in [0.4, 0.5) is 0 Å². The highest BCUT2D eigenvalue weighted by Gasteiger charge is 2.62. The van der Waals surface area contributed by atoms with E-state index in [1.165, 1.54) is 0 Å². The van der Waals surface area contributed by atoms with Gasteiger partial charge >= 0.3 is 5.97 Å². The first-order valence-electron chi connectivity index (χ1n) is 9.48. The fourth-order valence-corrected chi connectivity index (χ4v) is 4.81. The molecule has 2 bridgehead atoms. The Bertz CT molecular complexity index is 850. The molecule has 0 spiro atoms. The minimum atomic E-state index is -0.701. The summed E-state index contributed by atoms with van der Waals surface area (Å²) in [7, 11) is 0. The molecule has 7 heteroatoms. The fourth-order valence-electron chi connectivity index (χ4n) is 4.81. The number of amides is 1. The predicted molar refractivity (Wildman–Crippen MR) is 97.9 cm³/mol. The highest BCUT2D eigenvalue weighted by atomic mass is 16.5. The van der Waals surface area contributed by atoms with Crippen molar-refractivity contribution < 1.29 is 14.3 Å². The molecule has 1 aromatic heterocycles. The molecule has 2 aromatic rings. The molecule has 142 valence electrons. The zero-order valence-electron chi connectivity index (χ0n) is 15.6. The average Bonchev–Trinajstić information content (AvgIpc) is 3.35. The van der Waals surface area contributed by atoms with Crippen LogP contribution in [0.3, 0.4) is 0 Å². The number of H-pyrrole nitrogens is 1. The first-order valence-corrected chi connectivity index (χ1v) is 9.48. The molecule has 0 saturated carbocycles. The van der Waals surface area contributed by atoms with Gasteiger partial charge in [-0.25, -0.2) is 0 Å². The first-order chi connectivity index (χ1) is 13.1. The maximum atomic E-state index is 13.2. The van der Waals surface area contributed by atoms with Crippen LogP contribution in [0.1, 0.15) is 47.9 Å². The lowest BCUT2D eigenvalue weighted by Crippen LogP contribution is -2.47. The summed E-state index contributed by atoms with van der Waals surface area (Å²) in [6, 6.07) is 9.83. The molecule has 4 rings (SSSR count). The van der Waals surface area contributed by atoms with Crippen LogP contribution in [0, 0.1) is 12.3 Å².